The number of benzene rings is 2. The molecule has 30 heavy (non-hydrogen) atoms. The van der Waals surface area contributed by atoms with Crippen molar-refractivity contribution in [1.29, 1.82) is 0 Å². The van der Waals surface area contributed by atoms with Crippen LogP contribution in [0.3, 0.4) is 0 Å². The number of carbonyl (C=O) groups is 1. The SMILES string of the molecule is CC(=O)c1cc2n(c1)C[C@H]1[C@H](c3ccccc3)c3c(c(=O)oc4ccccc34)N[C@@H]21. The number of Topliss-reactive ketones (excluding diaryl/α,β-unsaturated/α-hetero) is 1. The Bertz CT molecular complexity index is 1370. The Kier molecular flexibility index (Phi) is 3.57. The number of nitrogens with one attached hydrogen (secondary N) is 1. The molecule has 0 saturated heterocycles. The summed E-state index contributed by atoms with van der Waals surface area (Å²) in [4.78, 5) is 24.9. The molecular formula is C25H20N2O3. The van der Waals surface area contributed by atoms with Gasteiger partial charge in [-0.3, -0.25) is 4.79 Å². The third-order valence-electron chi connectivity index (χ3n) is 6.54. The van der Waals surface area contributed by atoms with Gasteiger partial charge in [-0.1, -0.05) is 48.5 Å². The van der Waals surface area contributed by atoms with Gasteiger partial charge in [-0.25, -0.2) is 4.79 Å². The van der Waals surface area contributed by atoms with Crippen LogP contribution in [-0.2, 0) is 6.54 Å². The molecule has 0 bridgehead atoms. The van der Waals surface area contributed by atoms with Crippen LogP contribution in [0, 0.1) is 5.92 Å². The smallest absolute Gasteiger partial charge is 0.360 e. The lowest BCUT2D eigenvalue weighted by Gasteiger charge is -2.37. The second-order valence-electron chi connectivity index (χ2n) is 8.21. The van der Waals surface area contributed by atoms with Crippen molar-refractivity contribution in [2.24, 2.45) is 5.92 Å². The second kappa shape index (κ2) is 6.20. The van der Waals surface area contributed by atoms with E-state index < -0.39 is 0 Å². The van der Waals surface area contributed by atoms with E-state index in [1.165, 1.54) is 5.56 Å². The lowest BCUT2D eigenvalue weighted by atomic mass is 9.73. The number of aromatic nitrogens is 1. The molecule has 4 aromatic rings. The average Bonchev–Trinajstić information content (AvgIpc) is 3.32. The molecule has 2 aliphatic rings. The first-order valence-electron chi connectivity index (χ1n) is 10.2. The molecule has 1 N–H and O–H groups in total. The van der Waals surface area contributed by atoms with E-state index in [2.05, 4.69) is 22.0 Å². The quantitative estimate of drug-likeness (QED) is 0.393. The number of rotatable bonds is 2. The highest BCUT2D eigenvalue weighted by Gasteiger charge is 2.45. The molecule has 0 spiro atoms. The van der Waals surface area contributed by atoms with Crippen molar-refractivity contribution in [2.75, 3.05) is 5.32 Å². The Balaban J connectivity index is 1.62. The summed E-state index contributed by atoms with van der Waals surface area (Å²) in [5, 5.41) is 4.45. The molecule has 2 aromatic heterocycles. The van der Waals surface area contributed by atoms with Crippen molar-refractivity contribution in [3.8, 4) is 0 Å². The van der Waals surface area contributed by atoms with E-state index in [0.717, 1.165) is 23.2 Å². The molecule has 5 nitrogen and oxygen atoms in total. The van der Waals surface area contributed by atoms with E-state index in [9.17, 15) is 9.59 Å². The van der Waals surface area contributed by atoms with Gasteiger partial charge in [0.1, 0.15) is 11.3 Å². The highest BCUT2D eigenvalue weighted by molar-refractivity contribution is 5.94. The molecule has 3 atom stereocenters. The minimum Gasteiger partial charge on any atom is -0.421 e. The Labute approximate surface area is 173 Å². The fourth-order valence-electron chi connectivity index (χ4n) is 5.25. The third-order valence-corrected chi connectivity index (χ3v) is 6.54. The van der Waals surface area contributed by atoms with Crippen LogP contribution in [0.2, 0.25) is 0 Å². The third kappa shape index (κ3) is 2.35. The highest BCUT2D eigenvalue weighted by Crippen LogP contribution is 2.52. The first-order valence-corrected chi connectivity index (χ1v) is 10.2. The van der Waals surface area contributed by atoms with Gasteiger partial charge in [0.25, 0.3) is 0 Å². The molecule has 0 amide bonds. The van der Waals surface area contributed by atoms with Crippen molar-refractivity contribution in [3.63, 3.8) is 0 Å². The maximum atomic E-state index is 13.0. The van der Waals surface area contributed by atoms with Crippen molar-refractivity contribution in [1.82, 2.24) is 4.57 Å². The maximum absolute atomic E-state index is 13.0. The van der Waals surface area contributed by atoms with Gasteiger partial charge in [0.05, 0.1) is 6.04 Å². The second-order valence-corrected chi connectivity index (χ2v) is 8.21. The van der Waals surface area contributed by atoms with Crippen molar-refractivity contribution < 1.29 is 9.21 Å². The standard InChI is InChI=1S/C25H20N2O3/c1-14(28)16-11-19-23-18(13-27(19)12-16)21(15-7-3-2-4-8-15)22-17-9-5-6-10-20(17)30-25(29)24(22)26-23/h2-12,18,21,23,26H,13H2,1H3/t18-,21-,23+/m0/s1. The Morgan fingerprint density at radius 3 is 2.67 bits per heavy atom. The van der Waals surface area contributed by atoms with E-state index in [0.29, 0.717) is 16.8 Å². The van der Waals surface area contributed by atoms with E-state index in [1.807, 2.05) is 54.7 Å². The lowest BCUT2D eigenvalue weighted by Crippen LogP contribution is -2.33. The summed E-state index contributed by atoms with van der Waals surface area (Å²) in [6.45, 7) is 2.37. The van der Waals surface area contributed by atoms with Crippen LogP contribution in [0.1, 0.15) is 46.1 Å². The number of ketones is 1. The summed E-state index contributed by atoms with van der Waals surface area (Å²) in [5.74, 6) is 0.318. The molecule has 0 radical (unpaired) electrons. The van der Waals surface area contributed by atoms with Gasteiger partial charge in [0, 0.05) is 46.8 Å². The monoisotopic (exact) mass is 396 g/mol. The summed E-state index contributed by atoms with van der Waals surface area (Å²) in [6, 6.07) is 20.0. The highest BCUT2D eigenvalue weighted by atomic mass is 16.4. The van der Waals surface area contributed by atoms with Crippen LogP contribution >= 0.6 is 0 Å². The van der Waals surface area contributed by atoms with Crippen LogP contribution in [0.25, 0.3) is 11.0 Å². The molecule has 6 rings (SSSR count). The molecule has 0 saturated carbocycles. The number of carbonyl (C=O) groups excluding carboxylic acids is 1. The first-order chi connectivity index (χ1) is 14.6. The summed E-state index contributed by atoms with van der Waals surface area (Å²) < 4.78 is 7.80. The van der Waals surface area contributed by atoms with Crippen molar-refractivity contribution in [3.05, 3.63) is 99.7 Å². The predicted octanol–water partition coefficient (Wildman–Crippen LogP) is 4.73. The number of anilines is 1. The minimum absolute atomic E-state index is 0.0436. The number of nitrogens with zero attached hydrogens (tertiary/aromatic N) is 1. The molecule has 5 heteroatoms. The molecule has 0 unspecified atom stereocenters. The fraction of sp³-hybridized carbons (Fsp3) is 0.200. The molecule has 2 aromatic carbocycles. The normalized spacial score (nSPS) is 21.6. The van der Waals surface area contributed by atoms with Gasteiger partial charge < -0.3 is 14.3 Å². The molecule has 0 fully saturated rings. The maximum Gasteiger partial charge on any atom is 0.360 e. The van der Waals surface area contributed by atoms with Crippen molar-refractivity contribution in [2.45, 2.75) is 25.4 Å². The van der Waals surface area contributed by atoms with Crippen molar-refractivity contribution >= 4 is 22.4 Å². The zero-order valence-corrected chi connectivity index (χ0v) is 16.5. The lowest BCUT2D eigenvalue weighted by molar-refractivity contribution is 0.101. The summed E-state index contributed by atoms with van der Waals surface area (Å²) in [5.41, 5.74) is 4.74. The van der Waals surface area contributed by atoms with Crippen LogP contribution in [0.15, 0.2) is 76.1 Å². The number of fused-ring (bicyclic) bond motifs is 6. The Hall–Kier alpha value is -3.60. The predicted molar refractivity (Wildman–Crippen MR) is 115 cm³/mol. The van der Waals surface area contributed by atoms with Gasteiger partial charge in [-0.15, -0.1) is 0 Å². The van der Waals surface area contributed by atoms with E-state index in [4.69, 9.17) is 4.42 Å². The van der Waals surface area contributed by atoms with Crippen LogP contribution < -0.4 is 10.9 Å². The van der Waals surface area contributed by atoms with Crippen LogP contribution in [0.5, 0.6) is 0 Å². The van der Waals surface area contributed by atoms with Gasteiger partial charge in [0.2, 0.25) is 0 Å². The summed E-state index contributed by atoms with van der Waals surface area (Å²) in [7, 11) is 0. The number of para-hydroxylation sites is 1. The molecule has 0 aliphatic carbocycles. The van der Waals surface area contributed by atoms with Gasteiger partial charge in [-0.05, 0) is 24.6 Å². The number of hydrogen-bond acceptors (Lipinski definition) is 4. The number of hydrogen-bond donors (Lipinski definition) is 1. The Morgan fingerprint density at radius 1 is 1.10 bits per heavy atom. The molecular weight excluding hydrogens is 376 g/mol. The van der Waals surface area contributed by atoms with E-state index in [-0.39, 0.29) is 29.3 Å². The minimum atomic E-state index is -0.347. The van der Waals surface area contributed by atoms with Crippen LogP contribution in [-0.4, -0.2) is 10.4 Å². The average molecular weight is 396 g/mol. The largest absolute Gasteiger partial charge is 0.421 e. The fourth-order valence-corrected chi connectivity index (χ4v) is 5.25. The van der Waals surface area contributed by atoms with E-state index in [1.54, 1.807) is 6.92 Å². The topological polar surface area (TPSA) is 64.2 Å². The molecule has 4 heterocycles. The van der Waals surface area contributed by atoms with Gasteiger partial charge in [-0.2, -0.15) is 0 Å². The zero-order valence-electron chi connectivity index (χ0n) is 16.5. The van der Waals surface area contributed by atoms with Gasteiger partial charge >= 0.3 is 5.63 Å². The molecule has 2 aliphatic heterocycles. The molecule has 148 valence electrons. The van der Waals surface area contributed by atoms with Gasteiger partial charge in [0.15, 0.2) is 5.78 Å². The van der Waals surface area contributed by atoms with Crippen LogP contribution in [0.4, 0.5) is 5.69 Å². The van der Waals surface area contributed by atoms with E-state index >= 15 is 0 Å². The zero-order chi connectivity index (χ0) is 20.4. The summed E-state index contributed by atoms with van der Waals surface area (Å²) >= 11 is 0. The Morgan fingerprint density at radius 2 is 1.87 bits per heavy atom. The summed E-state index contributed by atoms with van der Waals surface area (Å²) in [6.07, 6.45) is 1.94. The first kappa shape index (κ1) is 17.3.